The highest BCUT2D eigenvalue weighted by Crippen LogP contribution is 2.31. The molecule has 1 N–H and O–H groups in total. The Hall–Kier alpha value is -4.13. The molecule has 33 heavy (non-hydrogen) atoms. The molecular formula is C26H24N6O. The van der Waals surface area contributed by atoms with Gasteiger partial charge in [0.2, 0.25) is 5.91 Å². The monoisotopic (exact) mass is 436 g/mol. The number of amides is 1. The fourth-order valence-corrected chi connectivity index (χ4v) is 4.18. The lowest BCUT2D eigenvalue weighted by molar-refractivity contribution is -0.117. The van der Waals surface area contributed by atoms with Crippen molar-refractivity contribution in [1.82, 2.24) is 30.0 Å². The first-order chi connectivity index (χ1) is 16.2. The van der Waals surface area contributed by atoms with Crippen LogP contribution in [0.25, 0.3) is 22.8 Å². The van der Waals surface area contributed by atoms with Gasteiger partial charge in [-0.3, -0.25) is 14.5 Å². The number of rotatable bonds is 6. The van der Waals surface area contributed by atoms with E-state index >= 15 is 0 Å². The van der Waals surface area contributed by atoms with Crippen LogP contribution in [-0.4, -0.2) is 36.7 Å². The molecule has 1 aliphatic carbocycles. The fourth-order valence-electron chi connectivity index (χ4n) is 4.18. The smallest absolute Gasteiger partial charge is 0.243 e. The second-order valence-electron chi connectivity index (χ2n) is 8.10. The van der Waals surface area contributed by atoms with Gasteiger partial charge in [0.15, 0.2) is 5.82 Å². The Bertz CT molecular complexity index is 1280. The van der Waals surface area contributed by atoms with Gasteiger partial charge in [-0.05, 0) is 43.0 Å². The highest BCUT2D eigenvalue weighted by Gasteiger charge is 2.26. The van der Waals surface area contributed by atoms with Crippen LogP contribution in [0.15, 0.2) is 79.8 Å². The predicted octanol–water partition coefficient (Wildman–Crippen LogP) is 3.61. The van der Waals surface area contributed by atoms with E-state index in [0.717, 1.165) is 46.6 Å². The van der Waals surface area contributed by atoms with Gasteiger partial charge in [0.25, 0.3) is 0 Å². The maximum absolute atomic E-state index is 11.9. The minimum Gasteiger partial charge on any atom is -0.349 e. The molecule has 0 saturated heterocycles. The summed E-state index contributed by atoms with van der Waals surface area (Å²) in [4.78, 5) is 25.9. The molecule has 7 nitrogen and oxygen atoms in total. The topological polar surface area (TPSA) is 85.6 Å². The van der Waals surface area contributed by atoms with Crippen LogP contribution in [0.1, 0.15) is 23.2 Å². The molecule has 1 aliphatic rings. The summed E-state index contributed by atoms with van der Waals surface area (Å²) in [5.74, 6) is 0.535. The van der Waals surface area contributed by atoms with Crippen LogP contribution in [0.4, 0.5) is 0 Å². The maximum atomic E-state index is 11.9. The molecule has 1 atom stereocenters. The molecule has 164 valence electrons. The quantitative estimate of drug-likeness (QED) is 0.467. The molecule has 1 amide bonds. The van der Waals surface area contributed by atoms with Crippen molar-refractivity contribution in [2.24, 2.45) is 0 Å². The number of pyridine rings is 1. The lowest BCUT2D eigenvalue weighted by Gasteiger charge is -2.26. The fraction of sp³-hybridized carbons (Fsp3) is 0.192. The van der Waals surface area contributed by atoms with Crippen molar-refractivity contribution in [2.45, 2.75) is 31.8 Å². The number of aryl methyl sites for hydroxylation is 1. The Morgan fingerprint density at radius 2 is 2.03 bits per heavy atom. The van der Waals surface area contributed by atoms with E-state index in [9.17, 15) is 4.79 Å². The van der Waals surface area contributed by atoms with Crippen LogP contribution >= 0.6 is 0 Å². The van der Waals surface area contributed by atoms with E-state index in [0.29, 0.717) is 18.8 Å². The second kappa shape index (κ2) is 9.16. The Kier molecular flexibility index (Phi) is 5.76. The first-order valence-corrected chi connectivity index (χ1v) is 11.0. The van der Waals surface area contributed by atoms with Crippen LogP contribution < -0.4 is 5.32 Å². The summed E-state index contributed by atoms with van der Waals surface area (Å²) in [7, 11) is 0. The third-order valence-electron chi connectivity index (χ3n) is 5.79. The number of hydrogen-bond acceptors (Lipinski definition) is 5. The summed E-state index contributed by atoms with van der Waals surface area (Å²) in [6.45, 7) is 4.19. The maximum Gasteiger partial charge on any atom is 0.243 e. The number of fused-ring (bicyclic) bond motifs is 1. The normalized spacial score (nSPS) is 15.0. The van der Waals surface area contributed by atoms with Crippen molar-refractivity contribution in [3.63, 3.8) is 0 Å². The van der Waals surface area contributed by atoms with Crippen LogP contribution in [-0.2, 0) is 24.2 Å². The lowest BCUT2D eigenvalue weighted by Crippen LogP contribution is -2.38. The lowest BCUT2D eigenvalue weighted by atomic mass is 9.89. The average Bonchev–Trinajstić information content (AvgIpc) is 3.32. The van der Waals surface area contributed by atoms with E-state index in [-0.39, 0.29) is 11.9 Å². The molecule has 3 heterocycles. The Labute approximate surface area is 192 Å². The summed E-state index contributed by atoms with van der Waals surface area (Å²) >= 11 is 0. The first-order valence-electron chi connectivity index (χ1n) is 11.0. The molecule has 0 saturated carbocycles. The van der Waals surface area contributed by atoms with E-state index in [1.165, 1.54) is 6.08 Å². The molecule has 3 aromatic heterocycles. The summed E-state index contributed by atoms with van der Waals surface area (Å²) < 4.78 is 1.89. The van der Waals surface area contributed by atoms with Gasteiger partial charge < -0.3 is 5.32 Å². The van der Waals surface area contributed by atoms with E-state index in [1.54, 1.807) is 6.20 Å². The highest BCUT2D eigenvalue weighted by atomic mass is 16.1. The molecule has 0 bridgehead atoms. The van der Waals surface area contributed by atoms with Crippen molar-refractivity contribution in [3.05, 3.63) is 96.6 Å². The van der Waals surface area contributed by atoms with E-state index in [2.05, 4.69) is 16.9 Å². The zero-order valence-electron chi connectivity index (χ0n) is 18.2. The van der Waals surface area contributed by atoms with Gasteiger partial charge in [0.1, 0.15) is 5.69 Å². The third-order valence-corrected chi connectivity index (χ3v) is 5.79. The number of carbonyl (C=O) groups is 1. The zero-order chi connectivity index (χ0) is 22.6. The number of nitrogens with one attached hydrogen (secondary N) is 1. The number of benzene rings is 1. The summed E-state index contributed by atoms with van der Waals surface area (Å²) in [5.41, 5.74) is 5.73. The molecule has 1 unspecified atom stereocenters. The van der Waals surface area contributed by atoms with Crippen molar-refractivity contribution < 1.29 is 4.79 Å². The van der Waals surface area contributed by atoms with Crippen molar-refractivity contribution >= 4 is 5.91 Å². The van der Waals surface area contributed by atoms with Crippen molar-refractivity contribution in [1.29, 1.82) is 0 Å². The Morgan fingerprint density at radius 3 is 2.82 bits per heavy atom. The summed E-state index contributed by atoms with van der Waals surface area (Å²) in [6, 6.07) is 15.9. The van der Waals surface area contributed by atoms with Gasteiger partial charge in [0, 0.05) is 41.5 Å². The minimum atomic E-state index is -0.160. The van der Waals surface area contributed by atoms with Crippen LogP contribution in [0.5, 0.6) is 0 Å². The van der Waals surface area contributed by atoms with Crippen LogP contribution in [0.3, 0.4) is 0 Å². The zero-order valence-corrected chi connectivity index (χ0v) is 18.2. The van der Waals surface area contributed by atoms with E-state index in [1.807, 2.05) is 65.6 Å². The minimum absolute atomic E-state index is 0.0189. The number of aromatic nitrogens is 5. The Balaban J connectivity index is 1.53. The predicted molar refractivity (Wildman–Crippen MR) is 126 cm³/mol. The molecular weight excluding hydrogens is 412 g/mol. The van der Waals surface area contributed by atoms with Gasteiger partial charge >= 0.3 is 0 Å². The number of nitrogens with zero attached hydrogens (tertiary/aromatic N) is 5. The van der Waals surface area contributed by atoms with Gasteiger partial charge in [-0.1, -0.05) is 43.0 Å². The second-order valence-corrected chi connectivity index (χ2v) is 8.10. The average molecular weight is 437 g/mol. The van der Waals surface area contributed by atoms with E-state index < -0.39 is 0 Å². The number of carbonyl (C=O) groups excluding carboxylic acids is 1. The molecule has 5 rings (SSSR count). The molecule has 0 aliphatic heterocycles. The molecule has 1 aromatic carbocycles. The largest absolute Gasteiger partial charge is 0.349 e. The van der Waals surface area contributed by atoms with Gasteiger partial charge in [-0.25, -0.2) is 9.97 Å². The van der Waals surface area contributed by atoms with Gasteiger partial charge in [-0.2, -0.15) is 5.10 Å². The summed E-state index contributed by atoms with van der Waals surface area (Å²) in [5, 5.41) is 7.84. The molecule has 0 fully saturated rings. The molecule has 4 aromatic rings. The van der Waals surface area contributed by atoms with E-state index in [4.69, 9.17) is 15.1 Å². The van der Waals surface area contributed by atoms with Crippen LogP contribution in [0.2, 0.25) is 0 Å². The molecule has 0 spiro atoms. The molecule has 0 radical (unpaired) electrons. The molecule has 7 heteroatoms. The van der Waals surface area contributed by atoms with Crippen LogP contribution in [0, 0.1) is 0 Å². The highest BCUT2D eigenvalue weighted by molar-refractivity contribution is 5.87. The standard InChI is InChI=1S/C26H24N6O/c1-2-24(33)28-20-10-11-22-21(15-20)25(30-26(29-22)19-8-4-3-5-9-19)23-12-14-32(31-23)17-18-7-6-13-27-16-18/h2-9,12-14,16,20H,1,10-11,15,17H2,(H,28,33). The van der Waals surface area contributed by atoms with Gasteiger partial charge in [-0.15, -0.1) is 0 Å². The first kappa shape index (κ1) is 20.8. The van der Waals surface area contributed by atoms with Crippen molar-refractivity contribution in [2.75, 3.05) is 0 Å². The number of hydrogen-bond donors (Lipinski definition) is 1. The SMILES string of the molecule is C=CC(=O)NC1CCc2nc(-c3ccccc3)nc(-c3ccn(Cc4cccnc4)n3)c2C1. The van der Waals surface area contributed by atoms with Gasteiger partial charge in [0.05, 0.1) is 12.2 Å². The summed E-state index contributed by atoms with van der Waals surface area (Å²) in [6.07, 6.45) is 9.13. The Morgan fingerprint density at radius 1 is 1.15 bits per heavy atom. The van der Waals surface area contributed by atoms with Crippen molar-refractivity contribution in [3.8, 4) is 22.8 Å². The third kappa shape index (κ3) is 4.57.